The predicted octanol–water partition coefficient (Wildman–Crippen LogP) is 2.02. The molecule has 2 rings (SSSR count). The molecule has 0 aliphatic carbocycles. The van der Waals surface area contributed by atoms with E-state index in [0.29, 0.717) is 17.4 Å². The maximum absolute atomic E-state index is 12.4. The number of hydrogen-bond acceptors (Lipinski definition) is 6. The molecule has 0 amide bonds. The molecule has 1 aliphatic rings. The van der Waals surface area contributed by atoms with Gasteiger partial charge in [0, 0.05) is 11.8 Å². The van der Waals surface area contributed by atoms with Crippen LogP contribution in [0, 0.1) is 6.92 Å². The number of sulfonamides is 1. The molecule has 0 spiro atoms. The molecule has 5 nitrogen and oxygen atoms in total. The number of esters is 1. The van der Waals surface area contributed by atoms with Crippen LogP contribution < -0.4 is 4.72 Å². The molecule has 1 saturated heterocycles. The smallest absolute Gasteiger partial charge is 0.349 e. The van der Waals surface area contributed by atoms with Crippen molar-refractivity contribution in [1.29, 1.82) is 0 Å². The first-order chi connectivity index (χ1) is 9.45. The zero-order valence-electron chi connectivity index (χ0n) is 11.3. The minimum absolute atomic E-state index is 0.0531. The lowest BCUT2D eigenvalue weighted by Crippen LogP contribution is -2.31. The van der Waals surface area contributed by atoms with Gasteiger partial charge in [-0.3, -0.25) is 0 Å². The molecule has 0 radical (unpaired) electrons. The molecule has 112 valence electrons. The monoisotopic (exact) mass is 335 g/mol. The van der Waals surface area contributed by atoms with Crippen LogP contribution in [0.3, 0.4) is 0 Å². The lowest BCUT2D eigenvalue weighted by molar-refractivity contribution is 0.0602. The minimum Gasteiger partial charge on any atom is -0.465 e. The average molecular weight is 335 g/mol. The Hall–Kier alpha value is -0.570. The number of ether oxygens (including phenoxy) is 1. The normalized spacial score (nSPS) is 19.2. The summed E-state index contributed by atoms with van der Waals surface area (Å²) in [6, 6.07) is 0. The van der Waals surface area contributed by atoms with Crippen molar-refractivity contribution < 1.29 is 17.9 Å². The van der Waals surface area contributed by atoms with E-state index in [1.54, 1.807) is 24.1 Å². The summed E-state index contributed by atoms with van der Waals surface area (Å²) >= 11 is 2.88. The molecule has 1 atom stereocenters. The van der Waals surface area contributed by atoms with Gasteiger partial charge in [0.25, 0.3) is 0 Å². The van der Waals surface area contributed by atoms with Gasteiger partial charge in [0.1, 0.15) is 9.77 Å². The van der Waals surface area contributed by atoms with E-state index in [1.807, 2.05) is 0 Å². The highest BCUT2D eigenvalue weighted by molar-refractivity contribution is 8.00. The Morgan fingerprint density at radius 1 is 1.55 bits per heavy atom. The van der Waals surface area contributed by atoms with Crippen molar-refractivity contribution in [3.05, 3.63) is 15.8 Å². The zero-order valence-corrected chi connectivity index (χ0v) is 13.8. The van der Waals surface area contributed by atoms with Crippen molar-refractivity contribution in [1.82, 2.24) is 4.72 Å². The number of thioether (sulfide) groups is 1. The predicted molar refractivity (Wildman–Crippen MR) is 81.1 cm³/mol. The Kier molecular flexibility index (Phi) is 5.11. The van der Waals surface area contributed by atoms with Crippen LogP contribution in [0.2, 0.25) is 0 Å². The van der Waals surface area contributed by atoms with Gasteiger partial charge < -0.3 is 4.74 Å². The van der Waals surface area contributed by atoms with E-state index in [-0.39, 0.29) is 9.77 Å². The summed E-state index contributed by atoms with van der Waals surface area (Å²) in [5, 5.41) is 1.98. The van der Waals surface area contributed by atoms with E-state index in [9.17, 15) is 13.2 Å². The van der Waals surface area contributed by atoms with Crippen molar-refractivity contribution in [3.8, 4) is 0 Å². The van der Waals surface area contributed by atoms with Gasteiger partial charge >= 0.3 is 5.97 Å². The summed E-state index contributed by atoms with van der Waals surface area (Å²) < 4.78 is 32.0. The van der Waals surface area contributed by atoms with Crippen molar-refractivity contribution >= 4 is 39.1 Å². The van der Waals surface area contributed by atoms with Crippen molar-refractivity contribution in [2.45, 2.75) is 29.9 Å². The summed E-state index contributed by atoms with van der Waals surface area (Å²) in [6.45, 7) is 2.09. The second-order valence-corrected chi connectivity index (χ2v) is 8.55. The topological polar surface area (TPSA) is 72.5 Å². The third-order valence-corrected chi connectivity index (χ3v) is 7.30. The Labute approximate surface area is 127 Å². The van der Waals surface area contributed by atoms with E-state index in [2.05, 4.69) is 9.46 Å². The number of nitrogens with one attached hydrogen (secondary N) is 1. The van der Waals surface area contributed by atoms with Gasteiger partial charge in [-0.25, -0.2) is 17.9 Å². The van der Waals surface area contributed by atoms with Crippen molar-refractivity contribution in [2.24, 2.45) is 0 Å². The zero-order chi connectivity index (χ0) is 14.8. The number of aryl methyl sites for hydroxylation is 1. The second kappa shape index (κ2) is 6.46. The van der Waals surface area contributed by atoms with Gasteiger partial charge in [0.05, 0.1) is 7.11 Å². The van der Waals surface area contributed by atoms with Crippen LogP contribution in [0.1, 0.15) is 28.1 Å². The highest BCUT2D eigenvalue weighted by Crippen LogP contribution is 2.29. The van der Waals surface area contributed by atoms with Crippen LogP contribution in [-0.2, 0) is 14.8 Å². The Morgan fingerprint density at radius 3 is 2.90 bits per heavy atom. The van der Waals surface area contributed by atoms with E-state index in [1.165, 1.54) is 7.11 Å². The molecule has 0 bridgehead atoms. The summed E-state index contributed by atoms with van der Waals surface area (Å²) in [5.74, 6) is 0.468. The highest BCUT2D eigenvalue weighted by atomic mass is 32.2. The second-order valence-electron chi connectivity index (χ2n) is 4.56. The molecule has 1 aromatic rings. The van der Waals surface area contributed by atoms with Crippen LogP contribution in [0.25, 0.3) is 0 Å². The molecular formula is C12H17NO4S3. The average Bonchev–Trinajstić information content (AvgIpc) is 3.04. The first-order valence-electron chi connectivity index (χ1n) is 6.23. The van der Waals surface area contributed by atoms with E-state index in [4.69, 9.17) is 0 Å². The molecule has 1 unspecified atom stereocenters. The van der Waals surface area contributed by atoms with Crippen molar-refractivity contribution in [3.63, 3.8) is 0 Å². The SMILES string of the molecule is COC(=O)c1scc(C)c1S(=O)(=O)NCC1CCCS1. The van der Waals surface area contributed by atoms with Crippen LogP contribution in [-0.4, -0.2) is 39.0 Å². The van der Waals surface area contributed by atoms with Gasteiger partial charge in [0.15, 0.2) is 0 Å². The number of hydrogen-bond donors (Lipinski definition) is 1. The Bertz CT molecular complexity index is 588. The number of carbonyl (C=O) groups is 1. The third kappa shape index (κ3) is 3.36. The standard InChI is InChI=1S/C12H17NO4S3/c1-8-7-19-10(12(14)17-2)11(8)20(15,16)13-6-9-4-3-5-18-9/h7,9,13H,3-6H2,1-2H3. The molecule has 20 heavy (non-hydrogen) atoms. The van der Waals surface area contributed by atoms with Crippen LogP contribution in [0.5, 0.6) is 0 Å². The molecule has 0 aromatic carbocycles. The van der Waals surface area contributed by atoms with Crippen LogP contribution in [0.15, 0.2) is 10.3 Å². The summed E-state index contributed by atoms with van der Waals surface area (Å²) in [4.78, 5) is 11.8. The fourth-order valence-electron chi connectivity index (χ4n) is 2.08. The van der Waals surface area contributed by atoms with E-state index in [0.717, 1.165) is 29.9 Å². The van der Waals surface area contributed by atoms with E-state index >= 15 is 0 Å². The summed E-state index contributed by atoms with van der Waals surface area (Å²) in [5.41, 5.74) is 0.571. The van der Waals surface area contributed by atoms with E-state index < -0.39 is 16.0 Å². The summed E-state index contributed by atoms with van der Waals surface area (Å²) in [7, 11) is -2.43. The molecule has 1 fully saturated rings. The molecule has 1 aliphatic heterocycles. The first kappa shape index (κ1) is 15.8. The third-order valence-electron chi connectivity index (χ3n) is 3.08. The fraction of sp³-hybridized carbons (Fsp3) is 0.583. The molecule has 1 N–H and O–H groups in total. The molecule has 2 heterocycles. The number of carbonyl (C=O) groups excluding carboxylic acids is 1. The van der Waals surface area contributed by atoms with Crippen LogP contribution in [0.4, 0.5) is 0 Å². The maximum Gasteiger partial charge on any atom is 0.349 e. The first-order valence-corrected chi connectivity index (χ1v) is 9.64. The quantitative estimate of drug-likeness (QED) is 0.834. The van der Waals surface area contributed by atoms with Crippen LogP contribution >= 0.6 is 23.1 Å². The van der Waals surface area contributed by atoms with Gasteiger partial charge in [-0.1, -0.05) is 0 Å². The Balaban J connectivity index is 2.20. The highest BCUT2D eigenvalue weighted by Gasteiger charge is 2.28. The molecule has 0 saturated carbocycles. The van der Waals surface area contributed by atoms with Gasteiger partial charge in [-0.05, 0) is 36.5 Å². The number of thiophene rings is 1. The lowest BCUT2D eigenvalue weighted by atomic mass is 10.2. The van der Waals surface area contributed by atoms with Gasteiger partial charge in [0.2, 0.25) is 10.0 Å². The molecule has 1 aromatic heterocycles. The summed E-state index contributed by atoms with van der Waals surface area (Å²) in [6.07, 6.45) is 2.15. The van der Waals surface area contributed by atoms with Crippen molar-refractivity contribution in [2.75, 3.05) is 19.4 Å². The minimum atomic E-state index is -3.67. The maximum atomic E-state index is 12.4. The molecular weight excluding hydrogens is 318 g/mol. The number of methoxy groups -OCH3 is 1. The molecule has 8 heteroatoms. The van der Waals surface area contributed by atoms with Gasteiger partial charge in [-0.15, -0.1) is 11.3 Å². The largest absolute Gasteiger partial charge is 0.465 e. The Morgan fingerprint density at radius 2 is 2.30 bits per heavy atom. The number of rotatable bonds is 5. The fourth-order valence-corrected chi connectivity index (χ4v) is 6.17. The van der Waals surface area contributed by atoms with Gasteiger partial charge in [-0.2, -0.15) is 11.8 Å². The lowest BCUT2D eigenvalue weighted by Gasteiger charge is -2.11.